The third-order valence-corrected chi connectivity index (χ3v) is 4.16. The van der Waals surface area contributed by atoms with E-state index in [0.717, 1.165) is 31.5 Å². The number of hydrogen-bond acceptors (Lipinski definition) is 3. The van der Waals surface area contributed by atoms with Gasteiger partial charge in [-0.25, -0.2) is 4.98 Å². The maximum Gasteiger partial charge on any atom is 0.406 e. The summed E-state index contributed by atoms with van der Waals surface area (Å²) in [5, 5.41) is 4.30. The average Bonchev–Trinajstić information content (AvgIpc) is 3.14. The molecule has 3 heterocycles. The minimum Gasteiger partial charge on any atom is -0.325 e. The van der Waals surface area contributed by atoms with Gasteiger partial charge in [0, 0.05) is 24.6 Å². The number of halogens is 3. The van der Waals surface area contributed by atoms with E-state index in [2.05, 4.69) is 15.0 Å². The van der Waals surface area contributed by atoms with Gasteiger partial charge in [0.05, 0.1) is 19.3 Å². The largest absolute Gasteiger partial charge is 0.406 e. The fraction of sp³-hybridized carbons (Fsp3) is 0.600. The summed E-state index contributed by atoms with van der Waals surface area (Å²) in [7, 11) is 0. The highest BCUT2D eigenvalue weighted by atomic mass is 19.4. The number of rotatable bonds is 5. The molecule has 1 aliphatic rings. The molecule has 0 aromatic carbocycles. The fourth-order valence-corrected chi connectivity index (χ4v) is 3.10. The van der Waals surface area contributed by atoms with Crippen LogP contribution in [0.15, 0.2) is 24.8 Å². The molecule has 5 nitrogen and oxygen atoms in total. The Morgan fingerprint density at radius 1 is 1.35 bits per heavy atom. The maximum absolute atomic E-state index is 12.6. The van der Waals surface area contributed by atoms with E-state index in [0.29, 0.717) is 12.4 Å². The van der Waals surface area contributed by atoms with Crippen LogP contribution < -0.4 is 0 Å². The van der Waals surface area contributed by atoms with Gasteiger partial charge < -0.3 is 4.57 Å². The van der Waals surface area contributed by atoms with E-state index >= 15 is 0 Å². The molecule has 1 aliphatic heterocycles. The summed E-state index contributed by atoms with van der Waals surface area (Å²) in [6.07, 6.45) is 4.47. The van der Waals surface area contributed by atoms with Crippen LogP contribution in [-0.2, 0) is 19.6 Å². The molecular weight excluding hydrogens is 307 g/mol. The fourth-order valence-electron chi connectivity index (χ4n) is 3.10. The summed E-state index contributed by atoms with van der Waals surface area (Å²) in [6.45, 7) is 3.08. The van der Waals surface area contributed by atoms with Gasteiger partial charge in [-0.3, -0.25) is 9.58 Å². The zero-order valence-electron chi connectivity index (χ0n) is 13.0. The normalized spacial score (nSPS) is 19.6. The molecule has 0 N–H and O–H groups in total. The van der Waals surface area contributed by atoms with Crippen molar-refractivity contribution in [2.24, 2.45) is 0 Å². The molecule has 0 saturated carbocycles. The first-order chi connectivity index (χ1) is 10.9. The van der Waals surface area contributed by atoms with Gasteiger partial charge in [-0.05, 0) is 31.9 Å². The maximum atomic E-state index is 12.6. The summed E-state index contributed by atoms with van der Waals surface area (Å²) in [5.41, 5.74) is 1.11. The van der Waals surface area contributed by atoms with E-state index in [4.69, 9.17) is 0 Å². The topological polar surface area (TPSA) is 38.9 Å². The van der Waals surface area contributed by atoms with E-state index in [1.165, 1.54) is 17.0 Å². The molecule has 2 aromatic rings. The second kappa shape index (κ2) is 6.35. The lowest BCUT2D eigenvalue weighted by molar-refractivity contribution is -0.141. The zero-order chi connectivity index (χ0) is 16.4. The van der Waals surface area contributed by atoms with Crippen LogP contribution in [0.25, 0.3) is 0 Å². The number of nitrogens with zero attached hydrogens (tertiary/aromatic N) is 5. The number of alkyl halides is 3. The van der Waals surface area contributed by atoms with Crippen molar-refractivity contribution in [1.82, 2.24) is 24.2 Å². The zero-order valence-corrected chi connectivity index (χ0v) is 13.0. The van der Waals surface area contributed by atoms with Crippen LogP contribution in [0.5, 0.6) is 0 Å². The summed E-state index contributed by atoms with van der Waals surface area (Å²) in [4.78, 5) is 6.31. The highest BCUT2D eigenvalue weighted by molar-refractivity contribution is 5.00. The molecule has 1 atom stereocenters. The second-order valence-electron chi connectivity index (χ2n) is 6.09. The third-order valence-electron chi connectivity index (χ3n) is 4.16. The first kappa shape index (κ1) is 16.0. The molecule has 3 rings (SSSR count). The summed E-state index contributed by atoms with van der Waals surface area (Å²) in [6, 6.07) is 0.283. The molecule has 1 unspecified atom stereocenters. The summed E-state index contributed by atoms with van der Waals surface area (Å²) >= 11 is 0. The molecule has 1 saturated heterocycles. The molecular formula is C15H20F3N5. The summed E-state index contributed by atoms with van der Waals surface area (Å²) < 4.78 is 40.9. The summed E-state index contributed by atoms with van der Waals surface area (Å²) in [5.74, 6) is 0.464. The number of aromatic nitrogens is 4. The first-order valence-corrected chi connectivity index (χ1v) is 7.70. The number of hydrogen-bond donors (Lipinski definition) is 0. The standard InChI is InChI=1S/C15H20F3N5/c1-12-7-20-23(8-12)9-13-3-2-5-21(13)10-14-19-4-6-22(14)11-15(16,17)18/h4,6-8,13H,2-3,5,9-11H2,1H3. The number of aryl methyl sites for hydroxylation is 1. The van der Waals surface area contributed by atoms with Crippen molar-refractivity contribution in [2.75, 3.05) is 6.54 Å². The quantitative estimate of drug-likeness (QED) is 0.847. The lowest BCUT2D eigenvalue weighted by atomic mass is 10.2. The molecule has 8 heteroatoms. The van der Waals surface area contributed by atoms with Gasteiger partial charge in [0.2, 0.25) is 0 Å². The van der Waals surface area contributed by atoms with E-state index in [9.17, 15) is 13.2 Å². The molecule has 0 aliphatic carbocycles. The van der Waals surface area contributed by atoms with Crippen molar-refractivity contribution in [3.63, 3.8) is 0 Å². The smallest absolute Gasteiger partial charge is 0.325 e. The van der Waals surface area contributed by atoms with Gasteiger partial charge in [0.1, 0.15) is 12.4 Å². The van der Waals surface area contributed by atoms with Gasteiger partial charge in [-0.1, -0.05) is 0 Å². The van der Waals surface area contributed by atoms with Crippen LogP contribution >= 0.6 is 0 Å². The van der Waals surface area contributed by atoms with Gasteiger partial charge in [0.25, 0.3) is 0 Å². The Bertz CT molecular complexity index is 646. The Morgan fingerprint density at radius 2 is 2.17 bits per heavy atom. The Balaban J connectivity index is 1.66. The first-order valence-electron chi connectivity index (χ1n) is 7.70. The van der Waals surface area contributed by atoms with Crippen LogP contribution in [0, 0.1) is 6.92 Å². The molecule has 23 heavy (non-hydrogen) atoms. The molecule has 2 aromatic heterocycles. The Morgan fingerprint density at radius 3 is 2.87 bits per heavy atom. The molecule has 0 spiro atoms. The van der Waals surface area contributed by atoms with E-state index in [-0.39, 0.29) is 6.04 Å². The molecule has 0 amide bonds. The van der Waals surface area contributed by atoms with Crippen molar-refractivity contribution < 1.29 is 13.2 Å². The Labute approximate surface area is 132 Å². The van der Waals surface area contributed by atoms with Gasteiger partial charge >= 0.3 is 6.18 Å². The number of likely N-dealkylation sites (tertiary alicyclic amines) is 1. The van der Waals surface area contributed by atoms with Gasteiger partial charge in [-0.2, -0.15) is 18.3 Å². The minimum absolute atomic E-state index is 0.283. The van der Waals surface area contributed by atoms with Crippen LogP contribution in [0.2, 0.25) is 0 Å². The van der Waals surface area contributed by atoms with Crippen molar-refractivity contribution in [3.05, 3.63) is 36.2 Å². The average molecular weight is 327 g/mol. The lowest BCUT2D eigenvalue weighted by Gasteiger charge is -2.24. The van der Waals surface area contributed by atoms with Crippen molar-refractivity contribution in [3.8, 4) is 0 Å². The monoisotopic (exact) mass is 327 g/mol. The van der Waals surface area contributed by atoms with Crippen LogP contribution in [0.4, 0.5) is 13.2 Å². The Kier molecular flexibility index (Phi) is 4.43. The minimum atomic E-state index is -4.23. The van der Waals surface area contributed by atoms with E-state index in [1.54, 1.807) is 0 Å². The van der Waals surface area contributed by atoms with Crippen LogP contribution in [0.1, 0.15) is 24.2 Å². The lowest BCUT2D eigenvalue weighted by Crippen LogP contribution is -2.34. The molecule has 126 valence electrons. The van der Waals surface area contributed by atoms with Crippen molar-refractivity contribution >= 4 is 0 Å². The Hall–Kier alpha value is -1.83. The highest BCUT2D eigenvalue weighted by Crippen LogP contribution is 2.23. The second-order valence-corrected chi connectivity index (χ2v) is 6.09. The predicted octanol–water partition coefficient (Wildman–Crippen LogP) is 2.61. The van der Waals surface area contributed by atoms with Crippen LogP contribution in [0.3, 0.4) is 0 Å². The molecule has 0 bridgehead atoms. The van der Waals surface area contributed by atoms with E-state index < -0.39 is 12.7 Å². The third kappa shape index (κ3) is 4.13. The van der Waals surface area contributed by atoms with Gasteiger partial charge in [0.15, 0.2) is 0 Å². The highest BCUT2D eigenvalue weighted by Gasteiger charge is 2.30. The predicted molar refractivity (Wildman–Crippen MR) is 78.7 cm³/mol. The molecule has 1 fully saturated rings. The van der Waals surface area contributed by atoms with Crippen molar-refractivity contribution in [2.45, 2.75) is 51.6 Å². The van der Waals surface area contributed by atoms with Crippen molar-refractivity contribution in [1.29, 1.82) is 0 Å². The number of imidazole rings is 1. The van der Waals surface area contributed by atoms with E-state index in [1.807, 2.05) is 24.0 Å². The van der Waals surface area contributed by atoms with Crippen LogP contribution in [-0.4, -0.2) is 43.0 Å². The molecule has 0 radical (unpaired) electrons. The SMILES string of the molecule is Cc1cnn(CC2CCCN2Cc2nccn2CC(F)(F)F)c1. The van der Waals surface area contributed by atoms with Gasteiger partial charge in [-0.15, -0.1) is 0 Å².